The molecule has 0 rings (SSSR count). The molecule has 53 heavy (non-hydrogen) atoms. The molecule has 0 radical (unpaired) electrons. The van der Waals surface area contributed by atoms with E-state index in [0.717, 1.165) is 77.5 Å². The molecule has 0 aliphatic heterocycles. The molecule has 0 aliphatic carbocycles. The number of nitrogens with one attached hydrogen (secondary N) is 2. The van der Waals surface area contributed by atoms with Gasteiger partial charge in [-0.15, -0.1) is 0 Å². The molecule has 0 aliphatic rings. The molecule has 0 heterocycles. The van der Waals surface area contributed by atoms with Crippen LogP contribution in [-0.2, 0) is 19.1 Å². The van der Waals surface area contributed by atoms with E-state index < -0.39 is 0 Å². The number of carbonyl (C=O) groups is 2. The standard InChI is InChI=1S/C44H86N2O4.C2H7N/c1-5-9-12-15-16-24-31-41-49-43(47)35-27-20-17-22-29-38-46(40-32-37-45-8-4)39-30-23-18-21-28-36-44(48)50-42(33-25-14-11-7-3)34-26-19-13-10-6-2;1-3-2/h8,42,45H,4-7,9-41H2,1-3H3;3H,1-2H3. The van der Waals surface area contributed by atoms with E-state index in [4.69, 9.17) is 9.47 Å². The minimum atomic E-state index is -0.0134. The van der Waals surface area contributed by atoms with Crippen molar-refractivity contribution < 1.29 is 19.1 Å². The fourth-order valence-electron chi connectivity index (χ4n) is 6.71. The molecule has 0 aromatic carbocycles. The first kappa shape index (κ1) is 53.5. The highest BCUT2D eigenvalue weighted by molar-refractivity contribution is 5.69. The Morgan fingerprint density at radius 1 is 0.547 bits per heavy atom. The second kappa shape index (κ2) is 46.6. The van der Waals surface area contributed by atoms with Gasteiger partial charge in [0, 0.05) is 19.4 Å². The molecule has 0 aromatic heterocycles. The van der Waals surface area contributed by atoms with Crippen LogP contribution in [0.25, 0.3) is 0 Å². The van der Waals surface area contributed by atoms with Crippen LogP contribution < -0.4 is 10.6 Å². The molecular weight excluding hydrogens is 659 g/mol. The topological polar surface area (TPSA) is 79.9 Å². The van der Waals surface area contributed by atoms with Crippen molar-refractivity contribution in [2.45, 2.75) is 226 Å². The Balaban J connectivity index is 0. The summed E-state index contributed by atoms with van der Waals surface area (Å²) in [7, 11) is 3.75. The average Bonchev–Trinajstić information content (AvgIpc) is 3.15. The van der Waals surface area contributed by atoms with Crippen molar-refractivity contribution in [3.05, 3.63) is 12.8 Å². The Labute approximate surface area is 331 Å². The van der Waals surface area contributed by atoms with Gasteiger partial charge < -0.3 is 25.0 Å². The molecule has 316 valence electrons. The molecule has 2 N–H and O–H groups in total. The fraction of sp³-hybridized carbons (Fsp3) is 0.913. The first-order valence-electron chi connectivity index (χ1n) is 23.0. The lowest BCUT2D eigenvalue weighted by Crippen LogP contribution is -2.29. The zero-order valence-corrected chi connectivity index (χ0v) is 36.4. The molecule has 0 fully saturated rings. The number of carbonyl (C=O) groups excluding carboxylic acids is 2. The maximum Gasteiger partial charge on any atom is 0.306 e. The van der Waals surface area contributed by atoms with E-state index in [0.29, 0.717) is 19.4 Å². The Morgan fingerprint density at radius 3 is 1.45 bits per heavy atom. The smallest absolute Gasteiger partial charge is 0.306 e. The van der Waals surface area contributed by atoms with Crippen LogP contribution in [0.5, 0.6) is 0 Å². The van der Waals surface area contributed by atoms with Crippen LogP contribution in [0, 0.1) is 0 Å². The minimum absolute atomic E-state index is 0.0134. The van der Waals surface area contributed by atoms with Crippen LogP contribution in [0.3, 0.4) is 0 Å². The number of esters is 2. The lowest BCUT2D eigenvalue weighted by Gasteiger charge is -2.22. The average molecular weight is 752 g/mol. The van der Waals surface area contributed by atoms with Crippen molar-refractivity contribution in [3.63, 3.8) is 0 Å². The summed E-state index contributed by atoms with van der Waals surface area (Å²) in [6, 6.07) is 0. The summed E-state index contributed by atoms with van der Waals surface area (Å²) < 4.78 is 11.4. The summed E-state index contributed by atoms with van der Waals surface area (Å²) in [5, 5.41) is 5.99. The third-order valence-corrected chi connectivity index (χ3v) is 9.97. The van der Waals surface area contributed by atoms with E-state index in [1.54, 1.807) is 6.20 Å². The van der Waals surface area contributed by atoms with Crippen molar-refractivity contribution in [2.75, 3.05) is 46.9 Å². The molecule has 0 saturated heterocycles. The van der Waals surface area contributed by atoms with Crippen molar-refractivity contribution in [3.8, 4) is 0 Å². The largest absolute Gasteiger partial charge is 0.466 e. The summed E-state index contributed by atoms with van der Waals surface area (Å²) in [6.45, 7) is 15.5. The van der Waals surface area contributed by atoms with Gasteiger partial charge in [-0.3, -0.25) is 9.59 Å². The van der Waals surface area contributed by atoms with Crippen molar-refractivity contribution in [1.82, 2.24) is 15.5 Å². The highest BCUT2D eigenvalue weighted by Gasteiger charge is 2.14. The Bertz CT molecular complexity index is 750. The van der Waals surface area contributed by atoms with Gasteiger partial charge in [-0.25, -0.2) is 0 Å². The molecule has 7 heteroatoms. The van der Waals surface area contributed by atoms with Gasteiger partial charge in [-0.1, -0.05) is 149 Å². The van der Waals surface area contributed by atoms with Gasteiger partial charge in [0.15, 0.2) is 0 Å². The third kappa shape index (κ3) is 44.7. The number of hydrogen-bond donors (Lipinski definition) is 2. The molecule has 1 atom stereocenters. The fourth-order valence-corrected chi connectivity index (χ4v) is 6.71. The summed E-state index contributed by atoms with van der Waals surface area (Å²) >= 11 is 0. The van der Waals surface area contributed by atoms with Crippen molar-refractivity contribution in [1.29, 1.82) is 0 Å². The van der Waals surface area contributed by atoms with Gasteiger partial charge in [-0.05, 0) is 104 Å². The second-order valence-corrected chi connectivity index (χ2v) is 15.4. The second-order valence-electron chi connectivity index (χ2n) is 15.4. The maximum absolute atomic E-state index is 12.6. The predicted molar refractivity (Wildman–Crippen MR) is 231 cm³/mol. The Kier molecular flexibility index (Phi) is 47.0. The SMILES string of the molecule is C=CNCCCN(CCCCCCCC(=O)OCCCCCCCCC)CCCCCCCC(=O)OC(CCCCCC)CCCCCCC.CNC. The third-order valence-electron chi connectivity index (χ3n) is 9.97. The van der Waals surface area contributed by atoms with Crippen LogP contribution in [0.15, 0.2) is 12.8 Å². The maximum atomic E-state index is 12.6. The lowest BCUT2D eigenvalue weighted by atomic mass is 10.0. The molecular formula is C46H93N3O4. The lowest BCUT2D eigenvalue weighted by molar-refractivity contribution is -0.150. The van der Waals surface area contributed by atoms with Gasteiger partial charge in [0.25, 0.3) is 0 Å². The van der Waals surface area contributed by atoms with Gasteiger partial charge in [0.05, 0.1) is 6.61 Å². The van der Waals surface area contributed by atoms with Crippen LogP contribution in [0.1, 0.15) is 220 Å². The monoisotopic (exact) mass is 752 g/mol. The number of unbranched alkanes of at least 4 members (excludes halogenated alkanes) is 21. The first-order valence-corrected chi connectivity index (χ1v) is 23.0. The minimum Gasteiger partial charge on any atom is -0.466 e. The van der Waals surface area contributed by atoms with Gasteiger partial charge in [0.1, 0.15) is 6.10 Å². The normalized spacial score (nSPS) is 11.6. The molecule has 0 bridgehead atoms. The molecule has 0 aromatic rings. The molecule has 0 saturated carbocycles. The summed E-state index contributed by atoms with van der Waals surface area (Å²) in [5.41, 5.74) is 0. The highest BCUT2D eigenvalue weighted by Crippen LogP contribution is 2.18. The quantitative estimate of drug-likeness (QED) is 0.0475. The van der Waals surface area contributed by atoms with Gasteiger partial charge in [-0.2, -0.15) is 0 Å². The number of rotatable bonds is 41. The van der Waals surface area contributed by atoms with E-state index >= 15 is 0 Å². The van der Waals surface area contributed by atoms with Crippen LogP contribution >= 0.6 is 0 Å². The summed E-state index contributed by atoms with van der Waals surface area (Å²) in [4.78, 5) is 27.3. The summed E-state index contributed by atoms with van der Waals surface area (Å²) in [5.74, 6) is 0.0117. The summed E-state index contributed by atoms with van der Waals surface area (Å²) in [6.07, 6.45) is 37.7. The van der Waals surface area contributed by atoms with Crippen molar-refractivity contribution in [2.24, 2.45) is 0 Å². The number of hydrogen-bond acceptors (Lipinski definition) is 7. The number of ether oxygens (including phenoxy) is 2. The van der Waals surface area contributed by atoms with E-state index in [9.17, 15) is 9.59 Å². The molecule has 0 amide bonds. The number of nitrogens with zero attached hydrogens (tertiary/aromatic N) is 1. The van der Waals surface area contributed by atoms with E-state index in [1.807, 2.05) is 14.1 Å². The van der Waals surface area contributed by atoms with E-state index in [2.05, 4.69) is 42.9 Å². The van der Waals surface area contributed by atoms with Crippen LogP contribution in [-0.4, -0.2) is 69.8 Å². The van der Waals surface area contributed by atoms with Crippen LogP contribution in [0.2, 0.25) is 0 Å². The highest BCUT2D eigenvalue weighted by atomic mass is 16.5. The Morgan fingerprint density at radius 2 is 0.943 bits per heavy atom. The van der Waals surface area contributed by atoms with Crippen molar-refractivity contribution >= 4 is 11.9 Å². The predicted octanol–water partition coefficient (Wildman–Crippen LogP) is 12.5. The van der Waals surface area contributed by atoms with Crippen LogP contribution in [0.4, 0.5) is 0 Å². The first-order chi connectivity index (χ1) is 26.0. The Hall–Kier alpha value is -1.60. The van der Waals surface area contributed by atoms with Gasteiger partial charge >= 0.3 is 11.9 Å². The molecule has 0 spiro atoms. The van der Waals surface area contributed by atoms with E-state index in [-0.39, 0.29) is 18.0 Å². The molecule has 7 nitrogen and oxygen atoms in total. The molecule has 1 unspecified atom stereocenters. The zero-order valence-electron chi connectivity index (χ0n) is 36.4. The van der Waals surface area contributed by atoms with E-state index in [1.165, 1.54) is 135 Å². The zero-order chi connectivity index (χ0) is 39.3. The van der Waals surface area contributed by atoms with Gasteiger partial charge in [0.2, 0.25) is 0 Å².